The highest BCUT2D eigenvalue weighted by molar-refractivity contribution is 7.88. The van der Waals surface area contributed by atoms with Crippen molar-refractivity contribution in [3.05, 3.63) is 24.2 Å². The second kappa shape index (κ2) is 6.31. The van der Waals surface area contributed by atoms with Gasteiger partial charge in [-0.3, -0.25) is 4.90 Å². The molecule has 2 aliphatic rings. The van der Waals surface area contributed by atoms with Crippen LogP contribution in [0.3, 0.4) is 0 Å². The van der Waals surface area contributed by atoms with Crippen LogP contribution in [-0.2, 0) is 21.3 Å². The first kappa shape index (κ1) is 16.0. The fourth-order valence-corrected chi connectivity index (χ4v) is 4.33. The van der Waals surface area contributed by atoms with Gasteiger partial charge >= 0.3 is 0 Å². The van der Waals surface area contributed by atoms with Crippen molar-refractivity contribution in [3.8, 4) is 0 Å². The molecule has 0 radical (unpaired) electrons. The van der Waals surface area contributed by atoms with Crippen LogP contribution in [-0.4, -0.2) is 50.9 Å². The standard InChI is InChI=1S/C15H24N2O4S/c1-22(18,19)16-13-4-10-21-15(11-13)5-7-17(8-6-15)12-14-3-2-9-20-14/h2-3,9,13,16H,4-8,10-12H2,1H3/t13-/m1/s1. The number of furan rings is 1. The van der Waals surface area contributed by atoms with E-state index in [0.29, 0.717) is 6.61 Å². The molecular formula is C15H24N2O4S. The fourth-order valence-electron chi connectivity index (χ4n) is 3.52. The van der Waals surface area contributed by atoms with Crippen LogP contribution in [0.15, 0.2) is 22.8 Å². The summed E-state index contributed by atoms with van der Waals surface area (Å²) in [4.78, 5) is 2.36. The van der Waals surface area contributed by atoms with Crippen LogP contribution in [0, 0.1) is 0 Å². The first-order valence-electron chi connectivity index (χ1n) is 7.80. The van der Waals surface area contributed by atoms with Crippen LogP contribution in [0.4, 0.5) is 0 Å². The maximum Gasteiger partial charge on any atom is 0.208 e. The summed E-state index contributed by atoms with van der Waals surface area (Å²) >= 11 is 0. The van der Waals surface area contributed by atoms with Gasteiger partial charge in [-0.1, -0.05) is 0 Å². The zero-order valence-corrected chi connectivity index (χ0v) is 13.8. The predicted octanol–water partition coefficient (Wildman–Crippen LogP) is 1.34. The molecule has 0 bridgehead atoms. The molecule has 0 aromatic carbocycles. The van der Waals surface area contributed by atoms with E-state index in [1.807, 2.05) is 12.1 Å². The van der Waals surface area contributed by atoms with E-state index in [1.54, 1.807) is 6.26 Å². The molecule has 124 valence electrons. The molecule has 2 saturated heterocycles. The quantitative estimate of drug-likeness (QED) is 0.903. The van der Waals surface area contributed by atoms with E-state index in [1.165, 1.54) is 6.26 Å². The van der Waals surface area contributed by atoms with Gasteiger partial charge in [0.25, 0.3) is 0 Å². The summed E-state index contributed by atoms with van der Waals surface area (Å²) in [5, 5.41) is 0. The monoisotopic (exact) mass is 328 g/mol. The van der Waals surface area contributed by atoms with Gasteiger partial charge in [-0.15, -0.1) is 0 Å². The lowest BCUT2D eigenvalue weighted by Gasteiger charge is -2.46. The first-order valence-corrected chi connectivity index (χ1v) is 9.69. The highest BCUT2D eigenvalue weighted by atomic mass is 32.2. The topological polar surface area (TPSA) is 71.8 Å². The summed E-state index contributed by atoms with van der Waals surface area (Å²) in [5.74, 6) is 0.983. The Morgan fingerprint density at radius 2 is 2.18 bits per heavy atom. The zero-order chi connectivity index (χ0) is 15.6. The minimum Gasteiger partial charge on any atom is -0.468 e. The number of ether oxygens (including phenoxy) is 1. The molecule has 1 N–H and O–H groups in total. The number of nitrogens with zero attached hydrogens (tertiary/aromatic N) is 1. The van der Waals surface area contributed by atoms with Gasteiger partial charge in [0.15, 0.2) is 0 Å². The summed E-state index contributed by atoms with van der Waals surface area (Å²) in [6.45, 7) is 3.36. The van der Waals surface area contributed by atoms with Crippen LogP contribution in [0.5, 0.6) is 0 Å². The second-order valence-electron chi connectivity index (χ2n) is 6.47. The third-order valence-corrected chi connectivity index (χ3v) is 5.36. The maximum absolute atomic E-state index is 11.4. The van der Waals surface area contributed by atoms with Crippen molar-refractivity contribution in [2.45, 2.75) is 43.9 Å². The smallest absolute Gasteiger partial charge is 0.208 e. The lowest BCUT2D eigenvalue weighted by atomic mass is 9.82. The van der Waals surface area contributed by atoms with Gasteiger partial charge < -0.3 is 9.15 Å². The van der Waals surface area contributed by atoms with Gasteiger partial charge in [-0.2, -0.15) is 0 Å². The summed E-state index contributed by atoms with van der Waals surface area (Å²) in [5.41, 5.74) is -0.166. The number of sulfonamides is 1. The summed E-state index contributed by atoms with van der Waals surface area (Å²) in [6.07, 6.45) is 6.33. The molecule has 22 heavy (non-hydrogen) atoms. The molecule has 0 aliphatic carbocycles. The van der Waals surface area contributed by atoms with Gasteiger partial charge in [-0.05, 0) is 37.8 Å². The summed E-state index contributed by atoms with van der Waals surface area (Å²) < 4.78 is 37.0. The van der Waals surface area contributed by atoms with Crippen molar-refractivity contribution in [1.29, 1.82) is 0 Å². The minimum atomic E-state index is -3.15. The first-order chi connectivity index (χ1) is 10.4. The molecule has 6 nitrogen and oxygen atoms in total. The molecule has 1 aromatic heterocycles. The number of hydrogen-bond acceptors (Lipinski definition) is 5. The number of rotatable bonds is 4. The summed E-state index contributed by atoms with van der Waals surface area (Å²) in [7, 11) is -3.15. The van der Waals surface area contributed by atoms with Gasteiger partial charge in [0.1, 0.15) is 5.76 Å². The zero-order valence-electron chi connectivity index (χ0n) is 13.0. The van der Waals surface area contributed by atoms with E-state index in [0.717, 1.165) is 51.1 Å². The van der Waals surface area contributed by atoms with Gasteiger partial charge in [0.05, 0.1) is 24.7 Å². The van der Waals surface area contributed by atoms with Gasteiger partial charge in [0, 0.05) is 25.7 Å². The van der Waals surface area contributed by atoms with Crippen molar-refractivity contribution < 1.29 is 17.6 Å². The third-order valence-electron chi connectivity index (χ3n) is 4.60. The van der Waals surface area contributed by atoms with Crippen molar-refractivity contribution in [3.63, 3.8) is 0 Å². The molecule has 0 unspecified atom stereocenters. The van der Waals surface area contributed by atoms with Crippen LogP contribution in [0.25, 0.3) is 0 Å². The highest BCUT2D eigenvalue weighted by Gasteiger charge is 2.40. The number of nitrogens with one attached hydrogen (secondary N) is 1. The predicted molar refractivity (Wildman–Crippen MR) is 82.9 cm³/mol. The van der Waals surface area contributed by atoms with Gasteiger partial charge in [0.2, 0.25) is 10.0 Å². The average molecular weight is 328 g/mol. The van der Waals surface area contributed by atoms with Crippen molar-refractivity contribution in [2.24, 2.45) is 0 Å². The number of hydrogen-bond donors (Lipinski definition) is 1. The normalized spacial score (nSPS) is 26.3. The van der Waals surface area contributed by atoms with E-state index in [9.17, 15) is 8.42 Å². The van der Waals surface area contributed by atoms with Crippen LogP contribution in [0.2, 0.25) is 0 Å². The molecule has 1 spiro atoms. The summed E-state index contributed by atoms with van der Waals surface area (Å²) in [6, 6.07) is 3.90. The third kappa shape index (κ3) is 4.10. The largest absolute Gasteiger partial charge is 0.468 e. The van der Waals surface area contributed by atoms with E-state index in [-0.39, 0.29) is 11.6 Å². The van der Waals surface area contributed by atoms with Crippen LogP contribution in [0.1, 0.15) is 31.4 Å². The Bertz CT molecular complexity index is 577. The Morgan fingerprint density at radius 1 is 1.41 bits per heavy atom. The van der Waals surface area contributed by atoms with E-state index in [2.05, 4.69) is 9.62 Å². The lowest BCUT2D eigenvalue weighted by Crippen LogP contribution is -2.53. The molecule has 0 saturated carbocycles. The van der Waals surface area contributed by atoms with Crippen LogP contribution < -0.4 is 4.72 Å². The maximum atomic E-state index is 11.4. The Labute approximate surface area is 131 Å². The molecule has 0 amide bonds. The second-order valence-corrected chi connectivity index (χ2v) is 8.25. The molecule has 2 aliphatic heterocycles. The van der Waals surface area contributed by atoms with E-state index >= 15 is 0 Å². The Kier molecular flexibility index (Phi) is 4.59. The van der Waals surface area contributed by atoms with Crippen molar-refractivity contribution >= 4 is 10.0 Å². The average Bonchev–Trinajstić information content (AvgIpc) is 2.93. The van der Waals surface area contributed by atoms with Crippen LogP contribution >= 0.6 is 0 Å². The molecule has 7 heteroatoms. The van der Waals surface area contributed by atoms with E-state index < -0.39 is 10.0 Å². The molecule has 1 atom stereocenters. The molecule has 3 heterocycles. The minimum absolute atomic E-state index is 0.000346. The SMILES string of the molecule is CS(=O)(=O)N[C@@H]1CCOC2(CCN(Cc3ccco3)CC2)C1. The van der Waals surface area contributed by atoms with Crippen molar-refractivity contribution in [1.82, 2.24) is 9.62 Å². The Balaban J connectivity index is 1.54. The van der Waals surface area contributed by atoms with Crippen molar-refractivity contribution in [2.75, 3.05) is 26.0 Å². The molecule has 1 aromatic rings. The molecule has 2 fully saturated rings. The Hall–Kier alpha value is -0.890. The fraction of sp³-hybridized carbons (Fsp3) is 0.733. The Morgan fingerprint density at radius 3 is 2.82 bits per heavy atom. The van der Waals surface area contributed by atoms with Gasteiger partial charge in [-0.25, -0.2) is 13.1 Å². The molecular weight excluding hydrogens is 304 g/mol. The van der Waals surface area contributed by atoms with E-state index in [4.69, 9.17) is 9.15 Å². The highest BCUT2D eigenvalue weighted by Crippen LogP contribution is 2.35. The molecule has 3 rings (SSSR count). The lowest BCUT2D eigenvalue weighted by molar-refractivity contribution is -0.118. The number of piperidine rings is 1. The number of likely N-dealkylation sites (tertiary alicyclic amines) is 1.